The van der Waals surface area contributed by atoms with Crippen LogP contribution in [0.5, 0.6) is 0 Å². The van der Waals surface area contributed by atoms with Gasteiger partial charge in [0.2, 0.25) is 0 Å². The molecule has 0 aliphatic heterocycles. The maximum atomic E-state index is 12.8. The van der Waals surface area contributed by atoms with Gasteiger partial charge in [-0.1, -0.05) is 48.0 Å². The van der Waals surface area contributed by atoms with Crippen molar-refractivity contribution in [2.45, 2.75) is 39.8 Å². The van der Waals surface area contributed by atoms with E-state index < -0.39 is 12.1 Å². The number of ether oxygens (including phenoxy) is 1. The molecule has 1 unspecified atom stereocenters. The van der Waals surface area contributed by atoms with E-state index in [1.165, 1.54) is 0 Å². The monoisotopic (exact) mass is 340 g/mol. The van der Waals surface area contributed by atoms with Crippen molar-refractivity contribution in [2.75, 3.05) is 5.32 Å². The number of rotatable bonds is 5. The molecule has 5 nitrogen and oxygen atoms in total. The normalized spacial score (nSPS) is 11.7. The van der Waals surface area contributed by atoms with Crippen molar-refractivity contribution >= 4 is 17.7 Å². The zero-order valence-corrected chi connectivity index (χ0v) is 15.0. The highest BCUT2D eigenvalue weighted by Crippen LogP contribution is 2.20. The van der Waals surface area contributed by atoms with Gasteiger partial charge in [-0.25, -0.2) is 4.79 Å². The van der Waals surface area contributed by atoms with E-state index in [9.17, 15) is 9.59 Å². The standard InChI is InChI=1S/C20H24N2O3/c1-13(2)25-20(24)22-18(16-8-6-5-7-9-16)19(23)21-17-11-10-14(3)12-15(17)4/h5-13,18H,1-4H3,(H,21,23)(H,22,24). The Bertz CT molecular complexity index is 742. The highest BCUT2D eigenvalue weighted by molar-refractivity contribution is 5.97. The molecule has 2 aromatic carbocycles. The lowest BCUT2D eigenvalue weighted by atomic mass is 10.1. The Balaban J connectivity index is 2.22. The molecule has 5 heteroatoms. The van der Waals surface area contributed by atoms with Gasteiger partial charge in [-0.2, -0.15) is 0 Å². The topological polar surface area (TPSA) is 67.4 Å². The van der Waals surface area contributed by atoms with E-state index in [1.54, 1.807) is 26.0 Å². The fraction of sp³-hybridized carbons (Fsp3) is 0.300. The van der Waals surface area contributed by atoms with Crippen molar-refractivity contribution in [3.8, 4) is 0 Å². The van der Waals surface area contributed by atoms with Crippen LogP contribution < -0.4 is 10.6 Å². The molecule has 0 heterocycles. The second kappa shape index (κ2) is 8.33. The van der Waals surface area contributed by atoms with Crippen molar-refractivity contribution in [3.63, 3.8) is 0 Å². The molecule has 2 amide bonds. The van der Waals surface area contributed by atoms with Crippen molar-refractivity contribution in [3.05, 3.63) is 65.2 Å². The van der Waals surface area contributed by atoms with E-state index in [2.05, 4.69) is 10.6 Å². The summed E-state index contributed by atoms with van der Waals surface area (Å²) in [6.45, 7) is 7.44. The Hall–Kier alpha value is -2.82. The Morgan fingerprint density at radius 2 is 1.68 bits per heavy atom. The second-order valence-electron chi connectivity index (χ2n) is 6.25. The van der Waals surface area contributed by atoms with Crippen molar-refractivity contribution in [1.29, 1.82) is 0 Å². The molecule has 0 radical (unpaired) electrons. The molecule has 0 aliphatic rings. The summed E-state index contributed by atoms with van der Waals surface area (Å²) in [4.78, 5) is 24.8. The third kappa shape index (κ3) is 5.35. The van der Waals surface area contributed by atoms with Crippen LogP contribution >= 0.6 is 0 Å². The van der Waals surface area contributed by atoms with Gasteiger partial charge in [-0.3, -0.25) is 4.79 Å². The molecule has 0 spiro atoms. The van der Waals surface area contributed by atoms with Crippen molar-refractivity contribution < 1.29 is 14.3 Å². The van der Waals surface area contributed by atoms with E-state index in [1.807, 2.05) is 50.2 Å². The molecule has 0 fully saturated rings. The molecule has 0 saturated carbocycles. The minimum absolute atomic E-state index is 0.265. The number of nitrogens with one attached hydrogen (secondary N) is 2. The third-order valence-corrected chi connectivity index (χ3v) is 3.64. The van der Waals surface area contributed by atoms with E-state index in [0.29, 0.717) is 5.56 Å². The number of benzene rings is 2. The van der Waals surface area contributed by atoms with E-state index in [-0.39, 0.29) is 12.0 Å². The van der Waals surface area contributed by atoms with E-state index >= 15 is 0 Å². The van der Waals surface area contributed by atoms with Crippen LogP contribution in [-0.4, -0.2) is 18.1 Å². The lowest BCUT2D eigenvalue weighted by molar-refractivity contribution is -0.118. The Morgan fingerprint density at radius 3 is 2.28 bits per heavy atom. The lowest BCUT2D eigenvalue weighted by Crippen LogP contribution is -2.38. The average Bonchev–Trinajstić information content (AvgIpc) is 2.55. The quantitative estimate of drug-likeness (QED) is 0.860. The van der Waals surface area contributed by atoms with Gasteiger partial charge in [0.1, 0.15) is 6.04 Å². The molecule has 2 rings (SSSR count). The van der Waals surface area contributed by atoms with Gasteiger partial charge in [-0.15, -0.1) is 0 Å². The molecule has 0 bridgehead atoms. The summed E-state index contributed by atoms with van der Waals surface area (Å²) in [5.74, 6) is -0.321. The van der Waals surface area contributed by atoms with Crippen LogP contribution in [0.1, 0.15) is 36.6 Å². The van der Waals surface area contributed by atoms with Gasteiger partial charge < -0.3 is 15.4 Å². The first kappa shape index (κ1) is 18.5. The Labute approximate surface area is 148 Å². The number of carbonyl (C=O) groups is 2. The van der Waals surface area contributed by atoms with E-state index in [4.69, 9.17) is 4.74 Å². The molecule has 2 aromatic rings. The minimum Gasteiger partial charge on any atom is -0.447 e. The molecule has 0 saturated heterocycles. The van der Waals surface area contributed by atoms with Crippen LogP contribution in [0.15, 0.2) is 48.5 Å². The first-order valence-electron chi connectivity index (χ1n) is 8.27. The third-order valence-electron chi connectivity index (χ3n) is 3.64. The number of anilines is 1. The predicted octanol–water partition coefficient (Wildman–Crippen LogP) is 4.12. The lowest BCUT2D eigenvalue weighted by Gasteiger charge is -2.20. The number of hydrogen-bond donors (Lipinski definition) is 2. The van der Waals surface area contributed by atoms with Crippen LogP contribution in [-0.2, 0) is 9.53 Å². The van der Waals surface area contributed by atoms with E-state index in [0.717, 1.165) is 16.8 Å². The highest BCUT2D eigenvalue weighted by Gasteiger charge is 2.24. The van der Waals surface area contributed by atoms with Gasteiger partial charge in [-0.05, 0) is 44.9 Å². The number of amides is 2. The van der Waals surface area contributed by atoms with Crippen molar-refractivity contribution in [1.82, 2.24) is 5.32 Å². The zero-order valence-electron chi connectivity index (χ0n) is 15.0. The fourth-order valence-corrected chi connectivity index (χ4v) is 2.47. The van der Waals surface area contributed by atoms with Gasteiger partial charge in [0, 0.05) is 5.69 Å². The maximum absolute atomic E-state index is 12.8. The average molecular weight is 340 g/mol. The molecule has 1 atom stereocenters. The smallest absolute Gasteiger partial charge is 0.408 e. The van der Waals surface area contributed by atoms with Crippen LogP contribution in [0.25, 0.3) is 0 Å². The molecular formula is C20H24N2O3. The summed E-state index contributed by atoms with van der Waals surface area (Å²) in [7, 11) is 0. The summed E-state index contributed by atoms with van der Waals surface area (Å²) in [5.41, 5.74) is 3.49. The fourth-order valence-electron chi connectivity index (χ4n) is 2.47. The molecule has 0 aliphatic carbocycles. The second-order valence-corrected chi connectivity index (χ2v) is 6.25. The minimum atomic E-state index is -0.840. The Kier molecular flexibility index (Phi) is 6.17. The van der Waals surface area contributed by atoms with Crippen LogP contribution in [0.2, 0.25) is 0 Å². The molecule has 0 aromatic heterocycles. The zero-order chi connectivity index (χ0) is 18.4. The van der Waals surface area contributed by atoms with Crippen molar-refractivity contribution in [2.24, 2.45) is 0 Å². The number of carbonyl (C=O) groups excluding carboxylic acids is 2. The molecule has 25 heavy (non-hydrogen) atoms. The van der Waals surface area contributed by atoms with Gasteiger partial charge in [0.05, 0.1) is 6.10 Å². The van der Waals surface area contributed by atoms with Gasteiger partial charge >= 0.3 is 6.09 Å². The molecule has 2 N–H and O–H groups in total. The van der Waals surface area contributed by atoms with Gasteiger partial charge in [0.15, 0.2) is 0 Å². The number of aryl methyl sites for hydroxylation is 2. The van der Waals surface area contributed by atoms with Crippen LogP contribution in [0.4, 0.5) is 10.5 Å². The number of alkyl carbamates (subject to hydrolysis) is 1. The van der Waals surface area contributed by atoms with Crippen LogP contribution in [0.3, 0.4) is 0 Å². The maximum Gasteiger partial charge on any atom is 0.408 e. The first-order valence-corrected chi connectivity index (χ1v) is 8.27. The molecule has 132 valence electrons. The highest BCUT2D eigenvalue weighted by atomic mass is 16.6. The van der Waals surface area contributed by atoms with Gasteiger partial charge in [0.25, 0.3) is 5.91 Å². The first-order chi connectivity index (χ1) is 11.9. The summed E-state index contributed by atoms with van der Waals surface area (Å²) in [6.07, 6.45) is -0.890. The largest absolute Gasteiger partial charge is 0.447 e. The SMILES string of the molecule is Cc1ccc(NC(=O)C(NC(=O)OC(C)C)c2ccccc2)c(C)c1. The summed E-state index contributed by atoms with van der Waals surface area (Å²) in [5, 5.41) is 5.53. The number of hydrogen-bond acceptors (Lipinski definition) is 3. The Morgan fingerprint density at radius 1 is 1.00 bits per heavy atom. The summed E-state index contributed by atoms with van der Waals surface area (Å²) >= 11 is 0. The predicted molar refractivity (Wildman–Crippen MR) is 98.5 cm³/mol. The van der Waals surface area contributed by atoms with Crippen LogP contribution in [0, 0.1) is 13.8 Å². The summed E-state index contributed by atoms with van der Waals surface area (Å²) < 4.78 is 5.11. The summed E-state index contributed by atoms with van der Waals surface area (Å²) in [6, 6.07) is 14.0. The molecular weight excluding hydrogens is 316 g/mol.